The molecule has 0 N–H and O–H groups in total. The Morgan fingerprint density at radius 3 is 1.53 bits per heavy atom. The average molecular weight is 244 g/mol. The highest BCUT2D eigenvalue weighted by Gasteiger charge is 2.66. The molecular weight excluding hydrogens is 240 g/mol. The molecule has 90 valence electrons. The van der Waals surface area contributed by atoms with Crippen molar-refractivity contribution in [2.45, 2.75) is 31.0 Å². The van der Waals surface area contributed by atoms with Gasteiger partial charge in [0, 0.05) is 0 Å². The molecule has 1 saturated heterocycles. The minimum Gasteiger partial charge on any atom is -0.332 e. The molecule has 1 aliphatic rings. The fourth-order valence-electron chi connectivity index (χ4n) is 1.26. The van der Waals surface area contributed by atoms with Crippen LogP contribution in [0.3, 0.4) is 0 Å². The highest BCUT2D eigenvalue weighted by atomic mass is 19.4. The Labute approximate surface area is 78.0 Å². The van der Waals surface area contributed by atoms with Crippen LogP contribution < -0.4 is 0 Å². The van der Waals surface area contributed by atoms with Crippen LogP contribution in [0.5, 0.6) is 0 Å². The van der Waals surface area contributed by atoms with Crippen molar-refractivity contribution in [3.05, 3.63) is 0 Å². The zero-order chi connectivity index (χ0) is 12.0. The Bertz CT molecular complexity index is 232. The summed E-state index contributed by atoms with van der Waals surface area (Å²) in [7, 11) is 0. The van der Waals surface area contributed by atoms with Crippen molar-refractivity contribution in [1.82, 2.24) is 0 Å². The topological polar surface area (TPSA) is 9.23 Å². The van der Waals surface area contributed by atoms with Crippen LogP contribution in [0.2, 0.25) is 0 Å². The van der Waals surface area contributed by atoms with Crippen LogP contribution in [0.1, 0.15) is 0 Å². The second-order valence-electron chi connectivity index (χ2n) is 2.96. The van der Waals surface area contributed by atoms with E-state index < -0.39 is 36.9 Å². The fraction of sp³-hybridized carbons (Fsp3) is 1.00. The monoisotopic (exact) mass is 244 g/mol. The van der Waals surface area contributed by atoms with E-state index in [2.05, 4.69) is 4.74 Å². The van der Waals surface area contributed by atoms with Gasteiger partial charge in [-0.1, -0.05) is 0 Å². The van der Waals surface area contributed by atoms with Gasteiger partial charge in [-0.15, -0.1) is 0 Å². The maximum Gasteiger partial charge on any atom is 0.415 e. The summed E-state index contributed by atoms with van der Waals surface area (Å²) in [5.74, 6) is -3.51. The lowest BCUT2D eigenvalue weighted by molar-refractivity contribution is -0.271. The van der Waals surface area contributed by atoms with Crippen molar-refractivity contribution in [2.24, 2.45) is 5.92 Å². The van der Waals surface area contributed by atoms with Gasteiger partial charge in [0.2, 0.25) is 6.36 Å². The Balaban J connectivity index is 2.98. The average Bonchev–Trinajstić information content (AvgIpc) is 2.25. The van der Waals surface area contributed by atoms with Crippen molar-refractivity contribution in [1.29, 1.82) is 0 Å². The molecule has 9 heteroatoms. The third kappa shape index (κ3) is 2.32. The highest BCUT2D eigenvalue weighted by Crippen LogP contribution is 2.47. The highest BCUT2D eigenvalue weighted by molar-refractivity contribution is 4.94. The van der Waals surface area contributed by atoms with Gasteiger partial charge in [0.1, 0.15) is 5.92 Å². The Kier molecular flexibility index (Phi) is 2.88. The van der Waals surface area contributed by atoms with Gasteiger partial charge in [0.25, 0.3) is 0 Å². The smallest absolute Gasteiger partial charge is 0.332 e. The summed E-state index contributed by atoms with van der Waals surface area (Å²) in [6.07, 6.45) is -21.0. The first-order valence-electron chi connectivity index (χ1n) is 3.62. The molecule has 1 heterocycles. The van der Waals surface area contributed by atoms with Gasteiger partial charge < -0.3 is 4.74 Å². The van der Waals surface area contributed by atoms with Crippen LogP contribution in [0, 0.1) is 5.92 Å². The molecule has 4 atom stereocenters. The van der Waals surface area contributed by atoms with Crippen molar-refractivity contribution in [3.63, 3.8) is 0 Å². The SMILES string of the molecule is FC1OC(C(F)(F)F)C(C(F)(F)F)C1F. The van der Waals surface area contributed by atoms with Gasteiger partial charge in [0.05, 0.1) is 0 Å². The van der Waals surface area contributed by atoms with E-state index in [9.17, 15) is 35.1 Å². The number of alkyl halides is 8. The molecule has 15 heavy (non-hydrogen) atoms. The minimum atomic E-state index is -5.50. The molecule has 0 amide bonds. The first-order valence-corrected chi connectivity index (χ1v) is 3.62. The lowest BCUT2D eigenvalue weighted by Crippen LogP contribution is -2.43. The molecule has 0 radical (unpaired) electrons. The Morgan fingerprint density at radius 1 is 0.800 bits per heavy atom. The molecule has 0 bridgehead atoms. The van der Waals surface area contributed by atoms with Crippen LogP contribution in [0.25, 0.3) is 0 Å². The minimum absolute atomic E-state index is 3.21. The van der Waals surface area contributed by atoms with Crippen molar-refractivity contribution >= 4 is 0 Å². The first-order chi connectivity index (χ1) is 6.55. The zero-order valence-electron chi connectivity index (χ0n) is 6.74. The van der Waals surface area contributed by atoms with Crippen molar-refractivity contribution in [3.8, 4) is 0 Å². The summed E-state index contributed by atoms with van der Waals surface area (Å²) in [4.78, 5) is 0. The van der Waals surface area contributed by atoms with Gasteiger partial charge in [0.15, 0.2) is 12.3 Å². The third-order valence-electron chi connectivity index (χ3n) is 1.90. The molecule has 0 aromatic carbocycles. The zero-order valence-corrected chi connectivity index (χ0v) is 6.74. The predicted molar refractivity (Wildman–Crippen MR) is 30.3 cm³/mol. The maximum absolute atomic E-state index is 12.5. The fourth-order valence-corrected chi connectivity index (χ4v) is 1.26. The van der Waals surface area contributed by atoms with Gasteiger partial charge >= 0.3 is 12.4 Å². The van der Waals surface area contributed by atoms with E-state index in [4.69, 9.17) is 0 Å². The van der Waals surface area contributed by atoms with Crippen LogP contribution in [-0.4, -0.2) is 31.0 Å². The number of halogens is 8. The summed E-state index contributed by atoms with van der Waals surface area (Å²) < 4.78 is 99.8. The van der Waals surface area contributed by atoms with Gasteiger partial charge in [-0.2, -0.15) is 26.3 Å². The quantitative estimate of drug-likeness (QED) is 0.595. The second-order valence-corrected chi connectivity index (χ2v) is 2.96. The molecule has 0 spiro atoms. The largest absolute Gasteiger partial charge is 0.415 e. The lowest BCUT2D eigenvalue weighted by atomic mass is 9.99. The summed E-state index contributed by atoms with van der Waals surface area (Å²) in [5, 5.41) is 0. The molecule has 1 rings (SSSR count). The number of ether oxygens (including phenoxy) is 1. The first kappa shape index (κ1) is 12.5. The summed E-state index contributed by atoms with van der Waals surface area (Å²) in [5.41, 5.74) is 0. The van der Waals surface area contributed by atoms with Crippen molar-refractivity contribution in [2.75, 3.05) is 0 Å². The van der Waals surface area contributed by atoms with E-state index >= 15 is 0 Å². The van der Waals surface area contributed by atoms with Crippen LogP contribution >= 0.6 is 0 Å². The Hall–Kier alpha value is -0.600. The summed E-state index contributed by atoms with van der Waals surface area (Å²) in [6.45, 7) is 0. The third-order valence-corrected chi connectivity index (χ3v) is 1.90. The molecule has 0 aromatic rings. The number of rotatable bonds is 0. The van der Waals surface area contributed by atoms with E-state index in [0.29, 0.717) is 0 Å². The second kappa shape index (κ2) is 3.46. The predicted octanol–water partition coefficient (Wildman–Crippen LogP) is 2.76. The molecule has 1 fully saturated rings. The van der Waals surface area contributed by atoms with Crippen molar-refractivity contribution < 1.29 is 39.9 Å². The van der Waals surface area contributed by atoms with E-state index in [1.807, 2.05) is 0 Å². The standard InChI is InChI=1S/C6H4F8O/c7-2-1(5(9,10)11)3(6(12,13)14)15-4(2)8/h1-4H. The van der Waals surface area contributed by atoms with Crippen LogP contribution in [0.4, 0.5) is 35.1 Å². The summed E-state index contributed by atoms with van der Waals surface area (Å²) in [6, 6.07) is 0. The number of hydrogen-bond acceptors (Lipinski definition) is 1. The van der Waals surface area contributed by atoms with E-state index in [1.165, 1.54) is 0 Å². The Morgan fingerprint density at radius 2 is 1.27 bits per heavy atom. The van der Waals surface area contributed by atoms with E-state index in [0.717, 1.165) is 0 Å². The van der Waals surface area contributed by atoms with Gasteiger partial charge in [-0.05, 0) is 0 Å². The molecule has 1 nitrogen and oxygen atoms in total. The molecule has 0 aromatic heterocycles. The lowest BCUT2D eigenvalue weighted by Gasteiger charge is -2.23. The normalized spacial score (nSPS) is 38.4. The van der Waals surface area contributed by atoms with E-state index in [1.54, 1.807) is 0 Å². The van der Waals surface area contributed by atoms with Gasteiger partial charge in [-0.25, -0.2) is 8.78 Å². The molecule has 4 unspecified atom stereocenters. The van der Waals surface area contributed by atoms with Gasteiger partial charge in [-0.3, -0.25) is 0 Å². The van der Waals surface area contributed by atoms with Crippen LogP contribution in [0.15, 0.2) is 0 Å². The van der Waals surface area contributed by atoms with Crippen LogP contribution in [-0.2, 0) is 4.74 Å². The summed E-state index contributed by atoms with van der Waals surface area (Å²) >= 11 is 0. The molecule has 1 aliphatic heterocycles. The molecular formula is C6H4F8O. The number of hydrogen-bond donors (Lipinski definition) is 0. The molecule has 0 aliphatic carbocycles. The molecule has 0 saturated carbocycles. The maximum atomic E-state index is 12.5. The van der Waals surface area contributed by atoms with E-state index in [-0.39, 0.29) is 0 Å².